The minimum atomic E-state index is -0.626. The van der Waals surface area contributed by atoms with E-state index in [9.17, 15) is 14.0 Å². The van der Waals surface area contributed by atoms with Gasteiger partial charge in [-0.25, -0.2) is 9.37 Å². The zero-order valence-corrected chi connectivity index (χ0v) is 15.7. The van der Waals surface area contributed by atoms with Gasteiger partial charge in [-0.05, 0) is 35.9 Å². The second-order valence-corrected chi connectivity index (χ2v) is 6.35. The number of pyridine rings is 1. The lowest BCUT2D eigenvalue weighted by molar-refractivity contribution is -0.114. The lowest BCUT2D eigenvalue weighted by Crippen LogP contribution is -2.15. The van der Waals surface area contributed by atoms with E-state index in [0.29, 0.717) is 29.4 Å². The molecule has 5 N–H and O–H groups in total. The molecule has 0 fully saturated rings. The molecule has 0 unspecified atom stereocenters. The Kier molecular flexibility index (Phi) is 6.03. The van der Waals surface area contributed by atoms with E-state index < -0.39 is 5.91 Å². The van der Waals surface area contributed by atoms with Crippen LogP contribution in [-0.2, 0) is 11.3 Å². The highest BCUT2D eigenvalue weighted by molar-refractivity contribution is 5.98. The molecule has 1 aromatic heterocycles. The number of benzene rings is 2. The minimum absolute atomic E-state index is 0.171. The van der Waals surface area contributed by atoms with Crippen LogP contribution in [0.1, 0.15) is 22.8 Å². The van der Waals surface area contributed by atoms with Crippen LogP contribution >= 0.6 is 0 Å². The van der Waals surface area contributed by atoms with Crippen molar-refractivity contribution < 1.29 is 14.0 Å². The van der Waals surface area contributed by atoms with E-state index in [1.165, 1.54) is 25.3 Å². The highest BCUT2D eigenvalue weighted by atomic mass is 19.1. The summed E-state index contributed by atoms with van der Waals surface area (Å²) >= 11 is 0. The first kappa shape index (κ1) is 19.8. The summed E-state index contributed by atoms with van der Waals surface area (Å²) in [4.78, 5) is 27.2. The molecule has 7 nitrogen and oxygen atoms in total. The highest BCUT2D eigenvalue weighted by Crippen LogP contribution is 2.24. The van der Waals surface area contributed by atoms with Gasteiger partial charge in [0, 0.05) is 37.1 Å². The molecule has 0 saturated heterocycles. The van der Waals surface area contributed by atoms with Gasteiger partial charge in [0.05, 0.1) is 11.3 Å². The minimum Gasteiger partial charge on any atom is -0.380 e. The standard InChI is InChI=1S/C21H20FN5O2/c1-13(28)26-16-6-3-7-17(9-16)27-20-10-19(18(12-25-20)21(23)29)24-11-14-4-2-5-15(22)8-14/h2-10,12H,11H2,1H3,(H2,23,29)(H,26,28)(H2,24,25,27). The number of rotatable bonds is 7. The number of halogens is 1. The van der Waals surface area contributed by atoms with E-state index >= 15 is 0 Å². The molecule has 3 rings (SSSR count). The molecule has 1 heterocycles. The van der Waals surface area contributed by atoms with E-state index in [1.807, 2.05) is 6.07 Å². The van der Waals surface area contributed by atoms with Gasteiger partial charge in [-0.1, -0.05) is 18.2 Å². The van der Waals surface area contributed by atoms with Crippen molar-refractivity contribution in [3.05, 3.63) is 77.7 Å². The van der Waals surface area contributed by atoms with E-state index in [2.05, 4.69) is 20.9 Å². The van der Waals surface area contributed by atoms with Gasteiger partial charge < -0.3 is 21.7 Å². The van der Waals surface area contributed by atoms with Crippen molar-refractivity contribution in [3.8, 4) is 0 Å². The number of hydrogen-bond donors (Lipinski definition) is 4. The molecule has 3 aromatic rings. The van der Waals surface area contributed by atoms with E-state index in [-0.39, 0.29) is 17.3 Å². The number of nitrogens with two attached hydrogens (primary N) is 1. The van der Waals surface area contributed by atoms with Crippen molar-refractivity contribution in [2.45, 2.75) is 13.5 Å². The number of carbonyl (C=O) groups is 2. The number of nitrogens with zero attached hydrogens (tertiary/aromatic N) is 1. The zero-order chi connectivity index (χ0) is 20.8. The number of primary amides is 1. The van der Waals surface area contributed by atoms with Crippen LogP contribution < -0.4 is 21.7 Å². The molecule has 0 spiro atoms. The Bertz CT molecular complexity index is 1050. The van der Waals surface area contributed by atoms with Gasteiger partial charge in [0.2, 0.25) is 5.91 Å². The lowest BCUT2D eigenvalue weighted by atomic mass is 10.2. The second kappa shape index (κ2) is 8.83. The van der Waals surface area contributed by atoms with Crippen LogP contribution in [0.15, 0.2) is 60.8 Å². The molecule has 0 atom stereocenters. The van der Waals surface area contributed by atoms with Crippen molar-refractivity contribution >= 4 is 34.7 Å². The first-order valence-corrected chi connectivity index (χ1v) is 8.83. The van der Waals surface area contributed by atoms with E-state index in [0.717, 1.165) is 5.56 Å². The van der Waals surface area contributed by atoms with Crippen LogP contribution in [0.4, 0.5) is 27.3 Å². The lowest BCUT2D eigenvalue weighted by Gasteiger charge is -2.13. The van der Waals surface area contributed by atoms with Crippen LogP contribution in [0, 0.1) is 5.82 Å². The van der Waals surface area contributed by atoms with Crippen molar-refractivity contribution in [1.82, 2.24) is 4.98 Å². The normalized spacial score (nSPS) is 10.3. The quantitative estimate of drug-likeness (QED) is 0.490. The summed E-state index contributed by atoms with van der Waals surface area (Å²) in [5, 5.41) is 8.92. The van der Waals surface area contributed by atoms with E-state index in [1.54, 1.807) is 36.4 Å². The molecule has 0 aliphatic heterocycles. The predicted octanol–water partition coefficient (Wildman–Crippen LogP) is 3.63. The topological polar surface area (TPSA) is 109 Å². The maximum Gasteiger partial charge on any atom is 0.252 e. The van der Waals surface area contributed by atoms with Gasteiger partial charge >= 0.3 is 0 Å². The summed E-state index contributed by atoms with van der Waals surface area (Å²) in [6.07, 6.45) is 1.37. The molecule has 2 aromatic carbocycles. The van der Waals surface area contributed by atoms with Gasteiger partial charge in [0.1, 0.15) is 11.6 Å². The van der Waals surface area contributed by atoms with E-state index in [4.69, 9.17) is 5.73 Å². The Labute approximate surface area is 167 Å². The van der Waals surface area contributed by atoms with Crippen molar-refractivity contribution in [3.63, 3.8) is 0 Å². The predicted molar refractivity (Wildman–Crippen MR) is 111 cm³/mol. The Hall–Kier alpha value is -3.94. The number of aromatic nitrogens is 1. The molecular weight excluding hydrogens is 373 g/mol. The molecule has 0 aliphatic carbocycles. The molecular formula is C21H20FN5O2. The first-order chi connectivity index (χ1) is 13.9. The van der Waals surface area contributed by atoms with Crippen molar-refractivity contribution in [2.75, 3.05) is 16.0 Å². The van der Waals surface area contributed by atoms with Crippen LogP contribution in [0.2, 0.25) is 0 Å². The fourth-order valence-electron chi connectivity index (χ4n) is 2.74. The van der Waals surface area contributed by atoms with Crippen molar-refractivity contribution in [1.29, 1.82) is 0 Å². The third-order valence-electron chi connectivity index (χ3n) is 4.00. The maximum atomic E-state index is 13.4. The average molecular weight is 393 g/mol. The maximum absolute atomic E-state index is 13.4. The average Bonchev–Trinajstić information content (AvgIpc) is 2.66. The molecule has 2 amide bonds. The molecule has 148 valence electrons. The van der Waals surface area contributed by atoms with Crippen molar-refractivity contribution in [2.24, 2.45) is 5.73 Å². The fourth-order valence-corrected chi connectivity index (χ4v) is 2.74. The van der Waals surface area contributed by atoms with Crippen LogP contribution in [0.5, 0.6) is 0 Å². The summed E-state index contributed by atoms with van der Waals surface area (Å²) < 4.78 is 13.4. The highest BCUT2D eigenvalue weighted by Gasteiger charge is 2.11. The summed E-state index contributed by atoms with van der Waals surface area (Å²) in [7, 11) is 0. The molecule has 29 heavy (non-hydrogen) atoms. The molecule has 0 bridgehead atoms. The monoisotopic (exact) mass is 393 g/mol. The fraction of sp³-hybridized carbons (Fsp3) is 0.0952. The number of carbonyl (C=O) groups excluding carboxylic acids is 2. The first-order valence-electron chi connectivity index (χ1n) is 8.83. The number of hydrogen-bond acceptors (Lipinski definition) is 5. The number of amides is 2. The summed E-state index contributed by atoms with van der Waals surface area (Å²) in [5.41, 5.74) is 8.19. The van der Waals surface area contributed by atoms with Crippen LogP contribution in [0.25, 0.3) is 0 Å². The van der Waals surface area contributed by atoms with Gasteiger partial charge in [0.25, 0.3) is 5.91 Å². The summed E-state index contributed by atoms with van der Waals surface area (Å²) in [5.74, 6) is -0.666. The van der Waals surface area contributed by atoms with Gasteiger partial charge in [-0.15, -0.1) is 0 Å². The summed E-state index contributed by atoms with van der Waals surface area (Å²) in [6.45, 7) is 1.74. The molecule has 0 aliphatic rings. The van der Waals surface area contributed by atoms with Crippen LogP contribution in [-0.4, -0.2) is 16.8 Å². The third-order valence-corrected chi connectivity index (χ3v) is 4.00. The zero-order valence-electron chi connectivity index (χ0n) is 15.7. The third kappa shape index (κ3) is 5.52. The molecule has 0 radical (unpaired) electrons. The Morgan fingerprint density at radius 1 is 1.07 bits per heavy atom. The Morgan fingerprint density at radius 3 is 2.55 bits per heavy atom. The van der Waals surface area contributed by atoms with Gasteiger partial charge in [-0.3, -0.25) is 9.59 Å². The largest absolute Gasteiger partial charge is 0.380 e. The Morgan fingerprint density at radius 2 is 1.83 bits per heavy atom. The summed E-state index contributed by atoms with van der Waals surface area (Å²) in [6, 6.07) is 14.9. The Balaban J connectivity index is 1.81. The SMILES string of the molecule is CC(=O)Nc1cccc(Nc2cc(NCc3cccc(F)c3)c(C(N)=O)cn2)c1. The molecule has 8 heteroatoms. The van der Waals surface area contributed by atoms with Crippen LogP contribution in [0.3, 0.4) is 0 Å². The second-order valence-electron chi connectivity index (χ2n) is 6.35. The smallest absolute Gasteiger partial charge is 0.252 e. The van der Waals surface area contributed by atoms with Gasteiger partial charge in [0.15, 0.2) is 0 Å². The number of nitrogens with one attached hydrogen (secondary N) is 3. The number of anilines is 4. The van der Waals surface area contributed by atoms with Gasteiger partial charge in [-0.2, -0.15) is 0 Å². The molecule has 0 saturated carbocycles.